The van der Waals surface area contributed by atoms with Crippen LogP contribution in [0.2, 0.25) is 0 Å². The minimum atomic E-state index is -1.18. The molecule has 15 heavy (non-hydrogen) atoms. The zero-order chi connectivity index (χ0) is 11.4. The Bertz CT molecular complexity index is 410. The van der Waals surface area contributed by atoms with E-state index >= 15 is 0 Å². The Hall–Kier alpha value is -1.69. The van der Waals surface area contributed by atoms with Crippen LogP contribution >= 0.6 is 11.3 Å². The number of carbonyl (C=O) groups excluding carboxylic acids is 1. The van der Waals surface area contributed by atoms with E-state index in [-0.39, 0.29) is 22.7 Å². The lowest BCUT2D eigenvalue weighted by atomic mass is 10.2. The van der Waals surface area contributed by atoms with E-state index in [1.165, 1.54) is 5.38 Å². The fourth-order valence-corrected chi connectivity index (χ4v) is 1.86. The Morgan fingerprint density at radius 1 is 1.67 bits per heavy atom. The summed E-state index contributed by atoms with van der Waals surface area (Å²) in [7, 11) is 0. The first-order valence-corrected chi connectivity index (χ1v) is 4.98. The van der Waals surface area contributed by atoms with Gasteiger partial charge in [0.15, 0.2) is 0 Å². The third kappa shape index (κ3) is 2.21. The number of esters is 1. The number of carboxylic acids is 1. The van der Waals surface area contributed by atoms with Crippen molar-refractivity contribution in [2.45, 2.75) is 6.92 Å². The van der Waals surface area contributed by atoms with Gasteiger partial charge >= 0.3 is 11.9 Å². The van der Waals surface area contributed by atoms with Crippen LogP contribution in [0.1, 0.15) is 27.6 Å². The second kappa shape index (κ2) is 4.70. The molecule has 0 spiro atoms. The number of carbonyl (C=O) groups is 2. The molecule has 5 nitrogen and oxygen atoms in total. The first kappa shape index (κ1) is 11.4. The van der Waals surface area contributed by atoms with Crippen LogP contribution in [-0.2, 0) is 4.74 Å². The maximum Gasteiger partial charge on any atom is 0.342 e. The standard InChI is InChI=1S/C9H9NO4S/c1-3-14-9(13)6-5(8(11)12)4-15-7(6)10-2/h4H,2-3H2,1H3,(H,11,12). The largest absolute Gasteiger partial charge is 0.478 e. The summed E-state index contributed by atoms with van der Waals surface area (Å²) in [5, 5.41) is 10.4. The molecule has 80 valence electrons. The van der Waals surface area contributed by atoms with E-state index in [1.807, 2.05) is 0 Å². The summed E-state index contributed by atoms with van der Waals surface area (Å²) in [6.07, 6.45) is 0. The van der Waals surface area contributed by atoms with Gasteiger partial charge in [0.2, 0.25) is 0 Å². The van der Waals surface area contributed by atoms with Crippen molar-refractivity contribution in [3.8, 4) is 0 Å². The molecule has 0 saturated heterocycles. The van der Waals surface area contributed by atoms with E-state index in [4.69, 9.17) is 9.84 Å². The Morgan fingerprint density at radius 3 is 2.80 bits per heavy atom. The molecule has 0 saturated carbocycles. The minimum Gasteiger partial charge on any atom is -0.478 e. The van der Waals surface area contributed by atoms with Crippen molar-refractivity contribution in [2.24, 2.45) is 4.99 Å². The predicted molar refractivity (Wildman–Crippen MR) is 56.4 cm³/mol. The Labute approximate surface area is 90.0 Å². The number of thiophene rings is 1. The molecule has 1 rings (SSSR count). The van der Waals surface area contributed by atoms with Crippen LogP contribution in [-0.4, -0.2) is 30.4 Å². The third-order valence-corrected chi connectivity index (χ3v) is 2.54. The number of rotatable bonds is 4. The summed E-state index contributed by atoms with van der Waals surface area (Å²) in [6, 6.07) is 0. The molecule has 1 N–H and O–H groups in total. The summed E-state index contributed by atoms with van der Waals surface area (Å²) in [6.45, 7) is 5.10. The van der Waals surface area contributed by atoms with Crippen molar-refractivity contribution in [1.29, 1.82) is 0 Å². The molecule has 0 fully saturated rings. The van der Waals surface area contributed by atoms with Crippen molar-refractivity contribution < 1.29 is 19.4 Å². The summed E-state index contributed by atoms with van der Waals surface area (Å²) >= 11 is 1.05. The lowest BCUT2D eigenvalue weighted by molar-refractivity contribution is 0.0516. The van der Waals surface area contributed by atoms with Crippen LogP contribution in [0.4, 0.5) is 5.00 Å². The van der Waals surface area contributed by atoms with E-state index in [9.17, 15) is 9.59 Å². The molecular formula is C9H9NO4S. The normalized spacial score (nSPS) is 9.67. The number of hydrogen-bond donors (Lipinski definition) is 1. The van der Waals surface area contributed by atoms with Crippen LogP contribution in [0.5, 0.6) is 0 Å². The van der Waals surface area contributed by atoms with Gasteiger partial charge in [0.25, 0.3) is 0 Å². The fourth-order valence-electron chi connectivity index (χ4n) is 1.02. The van der Waals surface area contributed by atoms with E-state index in [1.54, 1.807) is 6.92 Å². The first-order chi connectivity index (χ1) is 7.11. The van der Waals surface area contributed by atoms with E-state index < -0.39 is 11.9 Å². The van der Waals surface area contributed by atoms with Crippen molar-refractivity contribution in [2.75, 3.05) is 6.61 Å². The summed E-state index contributed by atoms with van der Waals surface area (Å²) in [5.74, 6) is -1.86. The van der Waals surface area contributed by atoms with Gasteiger partial charge in [-0.2, -0.15) is 0 Å². The topological polar surface area (TPSA) is 76.0 Å². The van der Waals surface area contributed by atoms with E-state index in [0.29, 0.717) is 0 Å². The molecule has 1 heterocycles. The van der Waals surface area contributed by atoms with Gasteiger partial charge < -0.3 is 9.84 Å². The molecule has 1 aromatic heterocycles. The average Bonchev–Trinajstić information content (AvgIpc) is 2.61. The molecule has 0 bridgehead atoms. The molecular weight excluding hydrogens is 218 g/mol. The number of hydrogen-bond acceptors (Lipinski definition) is 5. The molecule has 0 aromatic carbocycles. The van der Waals surface area contributed by atoms with Gasteiger partial charge in [-0.1, -0.05) is 0 Å². The minimum absolute atomic E-state index is 0.0237. The van der Waals surface area contributed by atoms with Crippen LogP contribution in [0.3, 0.4) is 0 Å². The highest BCUT2D eigenvalue weighted by molar-refractivity contribution is 7.14. The van der Waals surface area contributed by atoms with Crippen molar-refractivity contribution >= 4 is 35.0 Å². The molecule has 0 radical (unpaired) electrons. The van der Waals surface area contributed by atoms with Gasteiger partial charge in [0, 0.05) is 5.38 Å². The number of carboxylic acid groups (broad SMARTS) is 1. The fraction of sp³-hybridized carbons (Fsp3) is 0.222. The molecule has 0 atom stereocenters. The maximum atomic E-state index is 11.4. The zero-order valence-corrected chi connectivity index (χ0v) is 8.84. The first-order valence-electron chi connectivity index (χ1n) is 4.10. The zero-order valence-electron chi connectivity index (χ0n) is 8.02. The van der Waals surface area contributed by atoms with E-state index in [2.05, 4.69) is 11.7 Å². The number of ether oxygens (including phenoxy) is 1. The molecule has 1 aromatic rings. The average molecular weight is 227 g/mol. The lowest BCUT2D eigenvalue weighted by Crippen LogP contribution is -2.09. The Kier molecular flexibility index (Phi) is 3.56. The smallest absolute Gasteiger partial charge is 0.342 e. The number of aromatic carboxylic acids is 1. The Morgan fingerprint density at radius 2 is 2.33 bits per heavy atom. The summed E-state index contributed by atoms with van der Waals surface area (Å²) in [4.78, 5) is 25.8. The van der Waals surface area contributed by atoms with Crippen molar-refractivity contribution in [1.82, 2.24) is 0 Å². The molecule has 0 aliphatic heterocycles. The molecule has 0 aliphatic rings. The SMILES string of the molecule is C=Nc1scc(C(=O)O)c1C(=O)OCC. The van der Waals surface area contributed by atoms with Gasteiger partial charge in [0.1, 0.15) is 10.6 Å². The van der Waals surface area contributed by atoms with Gasteiger partial charge in [-0.15, -0.1) is 11.3 Å². The number of aliphatic imine (C=N–C) groups is 1. The summed E-state index contributed by atoms with van der Waals surface area (Å²) < 4.78 is 4.74. The predicted octanol–water partition coefficient (Wildman–Crippen LogP) is 1.96. The molecule has 6 heteroatoms. The monoisotopic (exact) mass is 227 g/mol. The van der Waals surface area contributed by atoms with Crippen LogP contribution < -0.4 is 0 Å². The highest BCUT2D eigenvalue weighted by atomic mass is 32.1. The highest BCUT2D eigenvalue weighted by Crippen LogP contribution is 2.31. The third-order valence-electron chi connectivity index (χ3n) is 1.63. The van der Waals surface area contributed by atoms with Gasteiger partial charge in [0.05, 0.1) is 12.2 Å². The van der Waals surface area contributed by atoms with Gasteiger partial charge in [-0.3, -0.25) is 4.99 Å². The Balaban J connectivity index is 3.21. The van der Waals surface area contributed by atoms with Gasteiger partial charge in [-0.25, -0.2) is 9.59 Å². The van der Waals surface area contributed by atoms with E-state index in [0.717, 1.165) is 11.3 Å². The van der Waals surface area contributed by atoms with Crippen molar-refractivity contribution in [3.63, 3.8) is 0 Å². The van der Waals surface area contributed by atoms with Crippen LogP contribution in [0.15, 0.2) is 10.4 Å². The maximum absolute atomic E-state index is 11.4. The number of nitrogens with zero attached hydrogens (tertiary/aromatic N) is 1. The summed E-state index contributed by atoms with van der Waals surface area (Å²) in [5.41, 5.74) is -0.120. The molecule has 0 amide bonds. The molecule has 0 aliphatic carbocycles. The van der Waals surface area contributed by atoms with Crippen molar-refractivity contribution in [3.05, 3.63) is 16.5 Å². The second-order valence-electron chi connectivity index (χ2n) is 2.51. The van der Waals surface area contributed by atoms with Crippen LogP contribution in [0.25, 0.3) is 0 Å². The second-order valence-corrected chi connectivity index (χ2v) is 3.37. The van der Waals surface area contributed by atoms with Crippen LogP contribution in [0, 0.1) is 0 Å². The van der Waals surface area contributed by atoms with Gasteiger partial charge in [-0.05, 0) is 13.6 Å². The highest BCUT2D eigenvalue weighted by Gasteiger charge is 2.23. The lowest BCUT2D eigenvalue weighted by Gasteiger charge is -2.01. The quantitative estimate of drug-likeness (QED) is 0.630. The molecule has 0 unspecified atom stereocenters.